The van der Waals surface area contributed by atoms with Gasteiger partial charge in [0.25, 0.3) is 0 Å². The standard InChI is InChI=1S/C7H12Cl2O2/c1-6(4-7(6,8)9)5(10-2)11-3/h5H,4H2,1-3H3. The molecule has 1 unspecified atom stereocenters. The molecule has 0 N–H and O–H groups in total. The van der Waals surface area contributed by atoms with Crippen molar-refractivity contribution in [3.8, 4) is 0 Å². The van der Waals surface area contributed by atoms with Crippen LogP contribution in [-0.2, 0) is 9.47 Å². The van der Waals surface area contributed by atoms with E-state index < -0.39 is 4.33 Å². The summed E-state index contributed by atoms with van der Waals surface area (Å²) >= 11 is 11.8. The Bertz CT molecular complexity index is 157. The molecule has 0 aromatic carbocycles. The topological polar surface area (TPSA) is 18.5 Å². The molecule has 1 saturated carbocycles. The van der Waals surface area contributed by atoms with Crippen LogP contribution >= 0.6 is 23.2 Å². The minimum atomic E-state index is -0.677. The second-order valence-electron chi connectivity index (χ2n) is 3.10. The van der Waals surface area contributed by atoms with Gasteiger partial charge in [0.05, 0.1) is 5.41 Å². The second-order valence-corrected chi connectivity index (χ2v) is 4.59. The van der Waals surface area contributed by atoms with Gasteiger partial charge in [-0.3, -0.25) is 0 Å². The third kappa shape index (κ3) is 1.37. The van der Waals surface area contributed by atoms with Crippen LogP contribution in [0.15, 0.2) is 0 Å². The van der Waals surface area contributed by atoms with Gasteiger partial charge in [-0.15, -0.1) is 23.2 Å². The van der Waals surface area contributed by atoms with Gasteiger partial charge in [0.15, 0.2) is 6.29 Å². The Morgan fingerprint density at radius 3 is 1.73 bits per heavy atom. The van der Waals surface area contributed by atoms with E-state index in [-0.39, 0.29) is 11.7 Å². The van der Waals surface area contributed by atoms with E-state index >= 15 is 0 Å². The Balaban J connectivity index is 2.61. The normalized spacial score (nSPS) is 34.4. The molecule has 1 fully saturated rings. The summed E-state index contributed by atoms with van der Waals surface area (Å²) in [7, 11) is 3.17. The van der Waals surface area contributed by atoms with Crippen molar-refractivity contribution in [2.75, 3.05) is 14.2 Å². The second kappa shape index (κ2) is 2.77. The van der Waals surface area contributed by atoms with Crippen molar-refractivity contribution in [3.05, 3.63) is 0 Å². The Hall–Kier alpha value is 0.500. The maximum Gasteiger partial charge on any atom is 0.165 e. The smallest absolute Gasteiger partial charge is 0.165 e. The van der Waals surface area contributed by atoms with Gasteiger partial charge < -0.3 is 9.47 Å². The molecule has 1 aliphatic rings. The van der Waals surface area contributed by atoms with Crippen LogP contribution in [0.4, 0.5) is 0 Å². The maximum absolute atomic E-state index is 5.91. The summed E-state index contributed by atoms with van der Waals surface area (Å²) in [5, 5.41) is 0. The van der Waals surface area contributed by atoms with Gasteiger partial charge >= 0.3 is 0 Å². The SMILES string of the molecule is COC(OC)C1(C)CC1(Cl)Cl. The van der Waals surface area contributed by atoms with Crippen LogP contribution in [-0.4, -0.2) is 24.8 Å². The lowest BCUT2D eigenvalue weighted by Crippen LogP contribution is -2.27. The lowest BCUT2D eigenvalue weighted by Gasteiger charge is -2.21. The quantitative estimate of drug-likeness (QED) is 0.512. The van der Waals surface area contributed by atoms with Crippen LogP contribution in [0.5, 0.6) is 0 Å². The Labute approximate surface area is 76.8 Å². The summed E-state index contributed by atoms with van der Waals surface area (Å²) in [5.41, 5.74) is -0.250. The van der Waals surface area contributed by atoms with Gasteiger partial charge in [-0.05, 0) is 6.42 Å². The molecule has 2 nitrogen and oxygen atoms in total. The highest BCUT2D eigenvalue weighted by Crippen LogP contribution is 2.66. The number of ether oxygens (including phenoxy) is 2. The van der Waals surface area contributed by atoms with E-state index in [0.717, 1.165) is 6.42 Å². The molecule has 1 aliphatic carbocycles. The molecule has 0 aromatic heterocycles. The number of alkyl halides is 2. The van der Waals surface area contributed by atoms with E-state index in [0.29, 0.717) is 0 Å². The van der Waals surface area contributed by atoms with E-state index in [1.54, 1.807) is 14.2 Å². The average molecular weight is 199 g/mol. The van der Waals surface area contributed by atoms with Crippen LogP contribution in [0.1, 0.15) is 13.3 Å². The fraction of sp³-hybridized carbons (Fsp3) is 1.00. The summed E-state index contributed by atoms with van der Waals surface area (Å²) in [6, 6.07) is 0. The number of rotatable bonds is 3. The third-order valence-electron chi connectivity index (χ3n) is 2.25. The van der Waals surface area contributed by atoms with E-state index in [2.05, 4.69) is 0 Å². The molecule has 0 bridgehead atoms. The highest BCUT2D eigenvalue weighted by Gasteiger charge is 2.67. The lowest BCUT2D eigenvalue weighted by molar-refractivity contribution is -0.142. The van der Waals surface area contributed by atoms with Gasteiger partial charge in [0.2, 0.25) is 0 Å². The zero-order valence-electron chi connectivity index (χ0n) is 6.86. The molecule has 0 saturated heterocycles. The molecule has 1 rings (SSSR count). The fourth-order valence-electron chi connectivity index (χ4n) is 1.29. The first-order valence-corrected chi connectivity index (χ1v) is 4.17. The van der Waals surface area contributed by atoms with Crippen LogP contribution in [0, 0.1) is 5.41 Å². The molecule has 0 aromatic rings. The largest absolute Gasteiger partial charge is 0.355 e. The van der Waals surface area contributed by atoms with Crippen molar-refractivity contribution in [1.82, 2.24) is 0 Å². The van der Waals surface area contributed by atoms with Crippen LogP contribution < -0.4 is 0 Å². The van der Waals surface area contributed by atoms with Crippen molar-refractivity contribution in [3.63, 3.8) is 0 Å². The molecular formula is C7H12Cl2O2. The molecule has 0 spiro atoms. The van der Waals surface area contributed by atoms with E-state index in [4.69, 9.17) is 32.7 Å². The molecule has 11 heavy (non-hydrogen) atoms. The number of methoxy groups -OCH3 is 2. The third-order valence-corrected chi connectivity index (χ3v) is 3.38. The number of halogens is 2. The van der Waals surface area contributed by atoms with Crippen molar-refractivity contribution in [1.29, 1.82) is 0 Å². The minimum Gasteiger partial charge on any atom is -0.355 e. The van der Waals surface area contributed by atoms with E-state index in [9.17, 15) is 0 Å². The Kier molecular flexibility index (Phi) is 2.41. The highest BCUT2D eigenvalue weighted by molar-refractivity contribution is 6.51. The predicted octanol–water partition coefficient (Wildman–Crippen LogP) is 2.19. The summed E-state index contributed by atoms with van der Waals surface area (Å²) in [6.07, 6.45) is 0.410. The number of hydrogen-bond acceptors (Lipinski definition) is 2. The van der Waals surface area contributed by atoms with Crippen LogP contribution in [0.3, 0.4) is 0 Å². The van der Waals surface area contributed by atoms with Gasteiger partial charge in [-0.2, -0.15) is 0 Å². The van der Waals surface area contributed by atoms with E-state index in [1.807, 2.05) is 6.92 Å². The van der Waals surface area contributed by atoms with E-state index in [1.165, 1.54) is 0 Å². The zero-order chi connectivity index (χ0) is 8.70. The molecule has 0 amide bonds. The molecular weight excluding hydrogens is 187 g/mol. The predicted molar refractivity (Wildman–Crippen MR) is 45.0 cm³/mol. The molecule has 66 valence electrons. The average Bonchev–Trinajstić information content (AvgIpc) is 2.36. The van der Waals surface area contributed by atoms with Gasteiger partial charge in [0.1, 0.15) is 4.33 Å². The molecule has 4 heteroatoms. The van der Waals surface area contributed by atoms with Gasteiger partial charge in [0, 0.05) is 14.2 Å². The Morgan fingerprint density at radius 1 is 1.27 bits per heavy atom. The summed E-state index contributed by atoms with van der Waals surface area (Å²) in [4.78, 5) is 0. The van der Waals surface area contributed by atoms with Crippen molar-refractivity contribution >= 4 is 23.2 Å². The highest BCUT2D eigenvalue weighted by atomic mass is 35.5. The zero-order valence-corrected chi connectivity index (χ0v) is 8.37. The monoisotopic (exact) mass is 198 g/mol. The van der Waals surface area contributed by atoms with Crippen molar-refractivity contribution in [2.24, 2.45) is 5.41 Å². The minimum absolute atomic E-state index is 0.250. The van der Waals surface area contributed by atoms with Gasteiger partial charge in [-0.25, -0.2) is 0 Å². The summed E-state index contributed by atoms with van der Waals surface area (Å²) in [5.74, 6) is 0. The van der Waals surface area contributed by atoms with Gasteiger partial charge in [-0.1, -0.05) is 6.92 Å². The number of hydrogen-bond donors (Lipinski definition) is 0. The molecule has 1 atom stereocenters. The van der Waals surface area contributed by atoms with Crippen LogP contribution in [0.2, 0.25) is 0 Å². The summed E-state index contributed by atoms with van der Waals surface area (Å²) in [6.45, 7) is 1.95. The fourth-order valence-corrected chi connectivity index (χ4v) is 2.02. The first-order valence-electron chi connectivity index (χ1n) is 3.41. The molecule has 0 heterocycles. The van der Waals surface area contributed by atoms with Crippen molar-refractivity contribution < 1.29 is 9.47 Å². The van der Waals surface area contributed by atoms with Crippen LogP contribution in [0.25, 0.3) is 0 Å². The summed E-state index contributed by atoms with van der Waals surface area (Å²) < 4.78 is 9.46. The molecule has 0 aliphatic heterocycles. The van der Waals surface area contributed by atoms with Crippen molar-refractivity contribution in [2.45, 2.75) is 24.0 Å². The first kappa shape index (κ1) is 9.59. The first-order chi connectivity index (χ1) is 4.98. The molecule has 0 radical (unpaired) electrons. The maximum atomic E-state index is 5.91. The Morgan fingerprint density at radius 2 is 1.64 bits per heavy atom. The lowest BCUT2D eigenvalue weighted by atomic mass is 10.1.